The molecule has 0 unspecified atom stereocenters. The zero-order chi connectivity index (χ0) is 10.3. The Morgan fingerprint density at radius 1 is 1.38 bits per heavy atom. The molecule has 0 aliphatic carbocycles. The van der Waals surface area contributed by atoms with Crippen LogP contribution < -0.4 is 0 Å². The number of hydrogen-bond acceptors (Lipinski definition) is 4. The SMILES string of the molecule is CC.O=Cc1cnc(C(=O)O)cn1. The molecule has 0 aliphatic rings. The first-order chi connectivity index (χ1) is 6.24. The van der Waals surface area contributed by atoms with Gasteiger partial charge in [0.2, 0.25) is 0 Å². The van der Waals surface area contributed by atoms with Gasteiger partial charge in [0.25, 0.3) is 0 Å². The van der Waals surface area contributed by atoms with E-state index in [2.05, 4.69) is 9.97 Å². The number of aldehydes is 1. The van der Waals surface area contributed by atoms with Crippen LogP contribution in [0.1, 0.15) is 34.8 Å². The molecule has 0 fully saturated rings. The van der Waals surface area contributed by atoms with Gasteiger partial charge in [0, 0.05) is 0 Å². The molecule has 0 aromatic carbocycles. The smallest absolute Gasteiger partial charge is 0.356 e. The highest BCUT2D eigenvalue weighted by molar-refractivity contribution is 5.85. The van der Waals surface area contributed by atoms with Crippen LogP contribution >= 0.6 is 0 Å². The van der Waals surface area contributed by atoms with Crippen LogP contribution in [0.5, 0.6) is 0 Å². The number of carboxylic acid groups (broad SMARTS) is 1. The number of carbonyl (C=O) groups excluding carboxylic acids is 1. The Morgan fingerprint density at radius 2 is 2.00 bits per heavy atom. The number of aromatic carboxylic acids is 1. The van der Waals surface area contributed by atoms with Gasteiger partial charge in [0.05, 0.1) is 12.4 Å². The van der Waals surface area contributed by atoms with Crippen molar-refractivity contribution in [3.63, 3.8) is 0 Å². The fraction of sp³-hybridized carbons (Fsp3) is 0.250. The lowest BCUT2D eigenvalue weighted by Gasteiger charge is -1.90. The third kappa shape index (κ3) is 3.42. The average molecular weight is 182 g/mol. The molecule has 0 saturated heterocycles. The summed E-state index contributed by atoms with van der Waals surface area (Å²) in [6.07, 6.45) is 2.64. The maximum atomic E-state index is 10.2. The van der Waals surface area contributed by atoms with Gasteiger partial charge in [-0.1, -0.05) is 13.8 Å². The molecule has 0 amide bonds. The van der Waals surface area contributed by atoms with Gasteiger partial charge in [0.1, 0.15) is 5.69 Å². The predicted octanol–water partition coefficient (Wildman–Crippen LogP) is 1.01. The number of nitrogens with zero attached hydrogens (tertiary/aromatic N) is 2. The predicted molar refractivity (Wildman–Crippen MR) is 45.7 cm³/mol. The molecule has 0 spiro atoms. The van der Waals surface area contributed by atoms with Crippen molar-refractivity contribution in [3.8, 4) is 0 Å². The lowest BCUT2D eigenvalue weighted by molar-refractivity contribution is 0.0689. The number of carboxylic acids is 1. The fourth-order valence-electron chi connectivity index (χ4n) is 0.509. The minimum absolute atomic E-state index is 0.120. The first-order valence-corrected chi connectivity index (χ1v) is 3.74. The lowest BCUT2D eigenvalue weighted by Crippen LogP contribution is -2.01. The second-order valence-corrected chi connectivity index (χ2v) is 1.75. The summed E-state index contributed by atoms with van der Waals surface area (Å²) >= 11 is 0. The molecule has 1 N–H and O–H groups in total. The summed E-state index contributed by atoms with van der Waals surface area (Å²) in [6, 6.07) is 0. The van der Waals surface area contributed by atoms with E-state index in [1.807, 2.05) is 13.8 Å². The quantitative estimate of drug-likeness (QED) is 0.690. The average Bonchev–Trinajstić information content (AvgIpc) is 2.21. The molecule has 13 heavy (non-hydrogen) atoms. The summed E-state index contributed by atoms with van der Waals surface area (Å²) in [5.41, 5.74) is -0.0504. The normalized spacial score (nSPS) is 8.15. The van der Waals surface area contributed by atoms with Crippen LogP contribution in [0, 0.1) is 0 Å². The molecule has 5 heteroatoms. The van der Waals surface area contributed by atoms with E-state index in [-0.39, 0.29) is 11.4 Å². The molecular formula is C8H10N2O3. The third-order valence-corrected chi connectivity index (χ3v) is 1.01. The summed E-state index contributed by atoms with van der Waals surface area (Å²) in [5.74, 6) is -1.16. The largest absolute Gasteiger partial charge is 0.476 e. The van der Waals surface area contributed by atoms with Crippen LogP contribution in [0.15, 0.2) is 12.4 Å². The van der Waals surface area contributed by atoms with Crippen LogP contribution in [-0.4, -0.2) is 27.3 Å². The van der Waals surface area contributed by atoms with Gasteiger partial charge < -0.3 is 5.11 Å². The summed E-state index contributed by atoms with van der Waals surface area (Å²) in [6.45, 7) is 4.00. The molecule has 1 rings (SSSR count). The van der Waals surface area contributed by atoms with Crippen molar-refractivity contribution in [2.24, 2.45) is 0 Å². The molecule has 0 radical (unpaired) electrons. The van der Waals surface area contributed by atoms with Gasteiger partial charge in [-0.15, -0.1) is 0 Å². The van der Waals surface area contributed by atoms with Crippen molar-refractivity contribution in [2.45, 2.75) is 13.8 Å². The van der Waals surface area contributed by atoms with Crippen molar-refractivity contribution in [3.05, 3.63) is 23.8 Å². The number of aromatic nitrogens is 2. The van der Waals surface area contributed by atoms with Gasteiger partial charge in [-0.3, -0.25) is 4.79 Å². The highest BCUT2D eigenvalue weighted by Crippen LogP contribution is 1.91. The van der Waals surface area contributed by atoms with E-state index in [1.165, 1.54) is 0 Å². The van der Waals surface area contributed by atoms with Crippen molar-refractivity contribution >= 4 is 12.3 Å². The fourth-order valence-corrected chi connectivity index (χ4v) is 0.509. The first-order valence-electron chi connectivity index (χ1n) is 3.74. The minimum atomic E-state index is -1.16. The van der Waals surface area contributed by atoms with Gasteiger partial charge >= 0.3 is 5.97 Å². The van der Waals surface area contributed by atoms with E-state index >= 15 is 0 Å². The van der Waals surface area contributed by atoms with Gasteiger partial charge in [-0.25, -0.2) is 14.8 Å². The molecule has 5 nitrogen and oxygen atoms in total. The number of hydrogen-bond donors (Lipinski definition) is 1. The van der Waals surface area contributed by atoms with Crippen molar-refractivity contribution in [1.82, 2.24) is 9.97 Å². The summed E-state index contributed by atoms with van der Waals surface area (Å²) in [4.78, 5) is 27.2. The molecule has 0 bridgehead atoms. The highest BCUT2D eigenvalue weighted by Gasteiger charge is 2.03. The monoisotopic (exact) mass is 182 g/mol. The van der Waals surface area contributed by atoms with Crippen LogP contribution in [0.4, 0.5) is 0 Å². The Morgan fingerprint density at radius 3 is 2.31 bits per heavy atom. The maximum Gasteiger partial charge on any atom is 0.356 e. The molecule has 1 heterocycles. The second kappa shape index (κ2) is 5.82. The summed E-state index contributed by atoms with van der Waals surface area (Å²) in [5, 5.41) is 8.36. The first kappa shape index (κ1) is 11.2. The van der Waals surface area contributed by atoms with E-state index in [0.717, 1.165) is 12.4 Å². The zero-order valence-electron chi connectivity index (χ0n) is 7.39. The van der Waals surface area contributed by atoms with Crippen molar-refractivity contribution in [2.75, 3.05) is 0 Å². The molecule has 0 saturated carbocycles. The van der Waals surface area contributed by atoms with Gasteiger partial charge in [-0.2, -0.15) is 0 Å². The van der Waals surface area contributed by atoms with Crippen LogP contribution in [-0.2, 0) is 0 Å². The van der Waals surface area contributed by atoms with Crippen LogP contribution in [0.3, 0.4) is 0 Å². The van der Waals surface area contributed by atoms with E-state index in [1.54, 1.807) is 0 Å². The Balaban J connectivity index is 0.000000671. The minimum Gasteiger partial charge on any atom is -0.476 e. The van der Waals surface area contributed by atoms with Crippen LogP contribution in [0.2, 0.25) is 0 Å². The molecule has 1 aromatic heterocycles. The van der Waals surface area contributed by atoms with Crippen molar-refractivity contribution in [1.29, 1.82) is 0 Å². The molecule has 1 aromatic rings. The zero-order valence-corrected chi connectivity index (χ0v) is 7.39. The Kier molecular flexibility index (Phi) is 5.02. The molecule has 70 valence electrons. The van der Waals surface area contributed by atoms with E-state index in [4.69, 9.17) is 5.11 Å². The Hall–Kier alpha value is -1.78. The van der Waals surface area contributed by atoms with Crippen molar-refractivity contribution < 1.29 is 14.7 Å². The second-order valence-electron chi connectivity index (χ2n) is 1.75. The van der Waals surface area contributed by atoms with Gasteiger partial charge in [0.15, 0.2) is 12.0 Å². The number of rotatable bonds is 2. The highest BCUT2D eigenvalue weighted by atomic mass is 16.4. The van der Waals surface area contributed by atoms with Crippen LogP contribution in [0.25, 0.3) is 0 Å². The third-order valence-electron chi connectivity index (χ3n) is 1.01. The summed E-state index contributed by atoms with van der Waals surface area (Å²) < 4.78 is 0. The molecule has 0 aliphatic heterocycles. The topological polar surface area (TPSA) is 80.2 Å². The van der Waals surface area contributed by atoms with E-state index in [0.29, 0.717) is 6.29 Å². The molecular weight excluding hydrogens is 172 g/mol. The Bertz CT molecular complexity index is 282. The molecule has 0 atom stereocenters. The van der Waals surface area contributed by atoms with E-state index < -0.39 is 5.97 Å². The lowest BCUT2D eigenvalue weighted by atomic mass is 10.4. The van der Waals surface area contributed by atoms with Gasteiger partial charge in [-0.05, 0) is 0 Å². The number of carbonyl (C=O) groups is 2. The Labute approximate surface area is 75.5 Å². The maximum absolute atomic E-state index is 10.2. The standard InChI is InChI=1S/C6H4N2O3.C2H6/c9-3-4-1-8-5(2-7-4)6(10)11;1-2/h1-3H,(H,10,11);1-2H3. The van der Waals surface area contributed by atoms with E-state index in [9.17, 15) is 9.59 Å². The summed E-state index contributed by atoms with van der Waals surface area (Å²) in [7, 11) is 0.